The van der Waals surface area contributed by atoms with Crippen LogP contribution in [0.15, 0.2) is 18.2 Å². The summed E-state index contributed by atoms with van der Waals surface area (Å²) in [4.78, 5) is 1.52. The molecule has 128 valence electrons. The Hall–Kier alpha value is -1.30. The number of hydrogen-bond acceptors (Lipinski definition) is 4. The van der Waals surface area contributed by atoms with Crippen molar-refractivity contribution in [2.45, 2.75) is 44.8 Å². The Kier molecular flexibility index (Phi) is 6.13. The molecule has 0 saturated carbocycles. The highest BCUT2D eigenvalue weighted by atomic mass is 16.7. The Morgan fingerprint density at radius 2 is 1.78 bits per heavy atom. The zero-order valence-corrected chi connectivity index (χ0v) is 13.8. The molecule has 1 atom stereocenters. The maximum absolute atomic E-state index is 10.2. The van der Waals surface area contributed by atoms with Crippen molar-refractivity contribution in [1.82, 2.24) is 0 Å². The van der Waals surface area contributed by atoms with Crippen molar-refractivity contribution < 1.29 is 24.2 Å². The first-order valence-corrected chi connectivity index (χ1v) is 8.79. The van der Waals surface area contributed by atoms with Gasteiger partial charge in [-0.1, -0.05) is 12.5 Å². The lowest BCUT2D eigenvalue weighted by Gasteiger charge is -2.24. The van der Waals surface area contributed by atoms with Crippen LogP contribution in [0.5, 0.6) is 11.5 Å². The van der Waals surface area contributed by atoms with Crippen LogP contribution >= 0.6 is 0 Å². The molecule has 5 nitrogen and oxygen atoms in total. The second-order valence-corrected chi connectivity index (χ2v) is 6.58. The molecule has 23 heavy (non-hydrogen) atoms. The van der Waals surface area contributed by atoms with Gasteiger partial charge in [-0.15, -0.1) is 0 Å². The maximum Gasteiger partial charge on any atom is 0.231 e. The van der Waals surface area contributed by atoms with Gasteiger partial charge in [0.25, 0.3) is 0 Å². The third-order valence-corrected chi connectivity index (χ3v) is 4.60. The summed E-state index contributed by atoms with van der Waals surface area (Å²) < 4.78 is 16.3. The normalized spacial score (nSPS) is 20.0. The number of benzene rings is 1. The summed E-state index contributed by atoms with van der Waals surface area (Å²) in [6, 6.07) is 5.82. The van der Waals surface area contributed by atoms with Gasteiger partial charge in [0, 0.05) is 0 Å². The monoisotopic (exact) mass is 322 g/mol. The standard InChI is InChI=1S/C18H27NO4/c20-16(11-19-8-4-2-1-3-5-9-19)13-21-12-15-6-7-17-18(10-15)23-14-22-17/h6-7,10,16,20H,1-5,8-9,11-14H2/p+1/t16-/m1/s1. The average molecular weight is 322 g/mol. The van der Waals surface area contributed by atoms with Crippen LogP contribution in [0.1, 0.15) is 37.7 Å². The van der Waals surface area contributed by atoms with E-state index in [0.29, 0.717) is 13.2 Å². The number of likely N-dealkylation sites (tertiary alicyclic amines) is 1. The number of rotatable bonds is 6. The smallest absolute Gasteiger partial charge is 0.231 e. The van der Waals surface area contributed by atoms with Gasteiger partial charge in [0.15, 0.2) is 11.5 Å². The molecule has 1 aromatic carbocycles. The largest absolute Gasteiger partial charge is 0.454 e. The number of fused-ring (bicyclic) bond motifs is 1. The Morgan fingerprint density at radius 1 is 1.04 bits per heavy atom. The predicted molar refractivity (Wildman–Crippen MR) is 86.9 cm³/mol. The van der Waals surface area contributed by atoms with Gasteiger partial charge in [0.05, 0.1) is 26.3 Å². The lowest BCUT2D eigenvalue weighted by Crippen LogP contribution is -3.13. The van der Waals surface area contributed by atoms with Crippen LogP contribution in [0, 0.1) is 0 Å². The molecule has 2 aliphatic rings. The molecule has 2 heterocycles. The summed E-state index contributed by atoms with van der Waals surface area (Å²) in [5, 5.41) is 10.2. The number of nitrogens with one attached hydrogen (secondary N) is 1. The molecule has 0 amide bonds. The van der Waals surface area contributed by atoms with E-state index >= 15 is 0 Å². The molecule has 5 heteroatoms. The Morgan fingerprint density at radius 3 is 2.61 bits per heavy atom. The van der Waals surface area contributed by atoms with E-state index in [1.165, 1.54) is 50.1 Å². The van der Waals surface area contributed by atoms with E-state index < -0.39 is 6.10 Å². The highest BCUT2D eigenvalue weighted by Crippen LogP contribution is 2.32. The van der Waals surface area contributed by atoms with E-state index in [1.54, 1.807) is 0 Å². The van der Waals surface area contributed by atoms with Gasteiger partial charge < -0.3 is 24.2 Å². The van der Waals surface area contributed by atoms with Gasteiger partial charge in [-0.25, -0.2) is 0 Å². The highest BCUT2D eigenvalue weighted by molar-refractivity contribution is 5.44. The summed E-state index contributed by atoms with van der Waals surface area (Å²) in [6.07, 6.45) is 6.20. The fourth-order valence-corrected chi connectivity index (χ4v) is 3.35. The Balaban J connectivity index is 1.37. The SMILES string of the molecule is O[C@@H](COCc1ccc2c(c1)OCO2)C[NH+]1CCCCCCC1. The number of aliphatic hydroxyl groups excluding tert-OH is 1. The van der Waals surface area contributed by atoms with Crippen LogP contribution in [-0.4, -0.2) is 44.2 Å². The zero-order chi connectivity index (χ0) is 15.9. The Labute approximate surface area is 138 Å². The molecule has 2 aliphatic heterocycles. The van der Waals surface area contributed by atoms with Crippen molar-refractivity contribution in [2.24, 2.45) is 0 Å². The van der Waals surface area contributed by atoms with Crippen molar-refractivity contribution >= 4 is 0 Å². The van der Waals surface area contributed by atoms with Crippen molar-refractivity contribution in [3.05, 3.63) is 23.8 Å². The van der Waals surface area contributed by atoms with E-state index in [0.717, 1.165) is 23.6 Å². The van der Waals surface area contributed by atoms with Gasteiger partial charge in [-0.3, -0.25) is 0 Å². The van der Waals surface area contributed by atoms with Crippen molar-refractivity contribution in [3.63, 3.8) is 0 Å². The molecule has 0 radical (unpaired) electrons. The molecule has 0 bridgehead atoms. The van der Waals surface area contributed by atoms with Gasteiger partial charge in [0.2, 0.25) is 6.79 Å². The molecule has 2 N–H and O–H groups in total. The third kappa shape index (κ3) is 5.09. The van der Waals surface area contributed by atoms with E-state index in [1.807, 2.05) is 18.2 Å². The fraction of sp³-hybridized carbons (Fsp3) is 0.667. The van der Waals surface area contributed by atoms with Crippen LogP contribution in [-0.2, 0) is 11.3 Å². The molecule has 1 saturated heterocycles. The summed E-state index contributed by atoms with van der Waals surface area (Å²) in [6.45, 7) is 4.32. The summed E-state index contributed by atoms with van der Waals surface area (Å²) in [5.74, 6) is 1.56. The van der Waals surface area contributed by atoms with E-state index in [2.05, 4.69) is 0 Å². The number of quaternary nitrogens is 1. The minimum Gasteiger partial charge on any atom is -0.454 e. The van der Waals surface area contributed by atoms with Crippen LogP contribution < -0.4 is 14.4 Å². The van der Waals surface area contributed by atoms with E-state index in [4.69, 9.17) is 14.2 Å². The van der Waals surface area contributed by atoms with Crippen molar-refractivity contribution in [2.75, 3.05) is 33.0 Å². The lowest BCUT2D eigenvalue weighted by molar-refractivity contribution is -0.904. The fourth-order valence-electron chi connectivity index (χ4n) is 3.35. The van der Waals surface area contributed by atoms with Crippen molar-refractivity contribution in [1.29, 1.82) is 0 Å². The minimum atomic E-state index is -0.390. The number of ether oxygens (including phenoxy) is 3. The van der Waals surface area contributed by atoms with Crippen molar-refractivity contribution in [3.8, 4) is 11.5 Å². The van der Waals surface area contributed by atoms with Crippen LogP contribution in [0.4, 0.5) is 0 Å². The minimum absolute atomic E-state index is 0.289. The van der Waals surface area contributed by atoms with Crippen LogP contribution in [0.3, 0.4) is 0 Å². The van der Waals surface area contributed by atoms with Gasteiger partial charge >= 0.3 is 0 Å². The third-order valence-electron chi connectivity index (χ3n) is 4.60. The van der Waals surface area contributed by atoms with E-state index in [9.17, 15) is 5.11 Å². The first-order valence-electron chi connectivity index (χ1n) is 8.79. The first kappa shape index (κ1) is 16.6. The molecule has 3 rings (SSSR count). The molecular formula is C18H28NO4+. The maximum atomic E-state index is 10.2. The second kappa shape index (κ2) is 8.52. The van der Waals surface area contributed by atoms with Gasteiger partial charge in [-0.2, -0.15) is 0 Å². The molecular weight excluding hydrogens is 294 g/mol. The zero-order valence-electron chi connectivity index (χ0n) is 13.8. The molecule has 0 aromatic heterocycles. The van der Waals surface area contributed by atoms with Crippen LogP contribution in [0.25, 0.3) is 0 Å². The number of hydrogen-bond donors (Lipinski definition) is 2. The summed E-state index contributed by atoms with van der Waals surface area (Å²) in [5.41, 5.74) is 1.04. The number of aliphatic hydroxyl groups is 1. The molecule has 0 aliphatic carbocycles. The topological polar surface area (TPSA) is 52.4 Å². The average Bonchev–Trinajstić information content (AvgIpc) is 2.97. The summed E-state index contributed by atoms with van der Waals surface area (Å²) in [7, 11) is 0. The van der Waals surface area contributed by atoms with Gasteiger partial charge in [0.1, 0.15) is 12.6 Å². The lowest BCUT2D eigenvalue weighted by atomic mass is 10.1. The summed E-state index contributed by atoms with van der Waals surface area (Å²) >= 11 is 0. The highest BCUT2D eigenvalue weighted by Gasteiger charge is 2.17. The first-order chi connectivity index (χ1) is 11.3. The van der Waals surface area contributed by atoms with E-state index in [-0.39, 0.29) is 6.79 Å². The van der Waals surface area contributed by atoms with Gasteiger partial charge in [-0.05, 0) is 43.4 Å². The predicted octanol–water partition coefficient (Wildman–Crippen LogP) is 1.14. The molecule has 1 aromatic rings. The van der Waals surface area contributed by atoms with Crippen LogP contribution in [0.2, 0.25) is 0 Å². The second-order valence-electron chi connectivity index (χ2n) is 6.58. The molecule has 0 spiro atoms. The Bertz CT molecular complexity index is 486. The quantitative estimate of drug-likeness (QED) is 0.825. The molecule has 0 unspecified atom stereocenters. The molecule has 1 fully saturated rings.